The van der Waals surface area contributed by atoms with Gasteiger partial charge in [-0.15, -0.1) is 0 Å². The fourth-order valence-corrected chi connectivity index (χ4v) is 3.08. The first-order valence-electron chi connectivity index (χ1n) is 5.95. The Morgan fingerprint density at radius 3 is 2.42 bits per heavy atom. The Labute approximate surface area is 163 Å². The largest absolute Gasteiger partial charge is 1.00 e. The summed E-state index contributed by atoms with van der Waals surface area (Å²) in [7, 11) is -4.93. The molecule has 1 heterocycles. The predicted octanol–water partition coefficient (Wildman–Crippen LogP) is -2.09. The van der Waals surface area contributed by atoms with Gasteiger partial charge >= 0.3 is 35.6 Å². The van der Waals surface area contributed by atoms with E-state index < -0.39 is 33.2 Å². The maximum atomic E-state index is 11.7. The molecule has 0 bridgehead atoms. The summed E-state index contributed by atoms with van der Waals surface area (Å²) in [6, 6.07) is 3.97. The molecule has 2 amide bonds. The summed E-state index contributed by atoms with van der Waals surface area (Å²) in [5.41, 5.74) is -0.168. The molecular formula is C11H9ClN3NaO7S. The number of nitrogens with one attached hydrogen (secondary N) is 1. The van der Waals surface area contributed by atoms with Crippen LogP contribution in [0.1, 0.15) is 0 Å². The molecule has 1 aromatic carbocycles. The molecule has 124 valence electrons. The smallest absolute Gasteiger partial charge is 0.746 e. The molecule has 1 unspecified atom stereocenters. The van der Waals surface area contributed by atoms with Gasteiger partial charge in [0.15, 0.2) is 12.1 Å². The molecule has 1 N–H and O–H groups in total. The van der Waals surface area contributed by atoms with E-state index in [2.05, 4.69) is 5.32 Å². The third kappa shape index (κ3) is 4.82. The Morgan fingerprint density at radius 1 is 1.33 bits per heavy atom. The number of non-ortho nitro benzene ring substituents is 1. The van der Waals surface area contributed by atoms with E-state index in [9.17, 15) is 27.9 Å². The molecule has 1 aromatic rings. The maximum Gasteiger partial charge on any atom is 1.00 e. The molecule has 0 spiro atoms. The number of nitro benzene ring substituents is 1. The van der Waals surface area contributed by atoms with Gasteiger partial charge < -0.3 is 14.6 Å². The first-order valence-corrected chi connectivity index (χ1v) is 7.80. The number of amides is 2. The minimum atomic E-state index is -4.93. The fraction of sp³-hybridized carbons (Fsp3) is 0.182. The van der Waals surface area contributed by atoms with Crippen molar-refractivity contribution >= 4 is 33.4 Å². The van der Waals surface area contributed by atoms with Gasteiger partial charge in [-0.1, -0.05) is 11.6 Å². The van der Waals surface area contributed by atoms with Crippen molar-refractivity contribution in [3.05, 3.63) is 45.6 Å². The van der Waals surface area contributed by atoms with Crippen LogP contribution in [-0.2, 0) is 10.1 Å². The minimum absolute atomic E-state index is 0. The van der Waals surface area contributed by atoms with Gasteiger partial charge in [0.1, 0.15) is 15.9 Å². The third-order valence-corrected chi connectivity index (χ3v) is 4.31. The van der Waals surface area contributed by atoms with Gasteiger partial charge in [0.2, 0.25) is 0 Å². The average Bonchev–Trinajstić information content (AvgIpc) is 2.47. The molecule has 1 atom stereocenters. The van der Waals surface area contributed by atoms with Crippen LogP contribution in [0.4, 0.5) is 10.5 Å². The van der Waals surface area contributed by atoms with Gasteiger partial charge in [-0.2, -0.15) is 0 Å². The van der Waals surface area contributed by atoms with E-state index in [0.29, 0.717) is 4.90 Å². The van der Waals surface area contributed by atoms with Crippen molar-refractivity contribution in [1.82, 2.24) is 10.2 Å². The number of hydrogen-bond acceptors (Lipinski definition) is 7. The average molecular weight is 386 g/mol. The van der Waals surface area contributed by atoms with Crippen LogP contribution >= 0.6 is 11.6 Å². The molecule has 0 fully saturated rings. The van der Waals surface area contributed by atoms with E-state index in [-0.39, 0.29) is 46.0 Å². The summed E-state index contributed by atoms with van der Waals surface area (Å²) >= 11 is 5.66. The summed E-state index contributed by atoms with van der Waals surface area (Å²) in [5.74, 6) is 0.135. The zero-order valence-corrected chi connectivity index (χ0v) is 15.8. The molecule has 24 heavy (non-hydrogen) atoms. The van der Waals surface area contributed by atoms with Gasteiger partial charge in [0, 0.05) is 18.3 Å². The number of ether oxygens (including phenoxy) is 1. The summed E-state index contributed by atoms with van der Waals surface area (Å²) in [6.45, 7) is -0.597. The number of benzene rings is 1. The van der Waals surface area contributed by atoms with Crippen molar-refractivity contribution in [2.45, 2.75) is 5.37 Å². The van der Waals surface area contributed by atoms with Crippen molar-refractivity contribution in [1.29, 1.82) is 0 Å². The normalized spacial score (nSPS) is 17.4. The van der Waals surface area contributed by atoms with E-state index in [1.807, 2.05) is 0 Å². The van der Waals surface area contributed by atoms with Gasteiger partial charge in [-0.05, 0) is 12.1 Å². The zero-order valence-electron chi connectivity index (χ0n) is 12.2. The maximum absolute atomic E-state index is 11.7. The first kappa shape index (κ1) is 20.7. The molecule has 0 saturated heterocycles. The topological polar surface area (TPSA) is 142 Å². The summed E-state index contributed by atoms with van der Waals surface area (Å²) < 4.78 is 38.9. The summed E-state index contributed by atoms with van der Waals surface area (Å²) in [4.78, 5) is 22.2. The van der Waals surface area contributed by atoms with Crippen LogP contribution in [0.3, 0.4) is 0 Å². The molecule has 2 rings (SSSR count). The predicted molar refractivity (Wildman–Crippen MR) is 76.4 cm³/mol. The number of nitro groups is 1. The van der Waals surface area contributed by atoms with E-state index in [1.54, 1.807) is 0 Å². The number of halogens is 1. The van der Waals surface area contributed by atoms with E-state index >= 15 is 0 Å². The van der Waals surface area contributed by atoms with Gasteiger partial charge in [-0.25, -0.2) is 13.2 Å². The summed E-state index contributed by atoms with van der Waals surface area (Å²) in [6.07, 6.45) is 0.909. The van der Waals surface area contributed by atoms with Crippen LogP contribution in [-0.4, -0.2) is 40.9 Å². The molecule has 1 aliphatic heterocycles. The Hall–Kier alpha value is -1.37. The molecular weight excluding hydrogens is 377 g/mol. The second kappa shape index (κ2) is 8.14. The van der Waals surface area contributed by atoms with Gasteiger partial charge in [0.05, 0.1) is 9.96 Å². The molecule has 1 aliphatic rings. The van der Waals surface area contributed by atoms with Crippen molar-refractivity contribution < 1.29 is 57.0 Å². The number of carbonyl (C=O) groups excluding carboxylic acids is 1. The van der Waals surface area contributed by atoms with Crippen LogP contribution in [0, 0.1) is 10.1 Å². The number of nitrogens with zero attached hydrogens (tertiary/aromatic N) is 2. The van der Waals surface area contributed by atoms with Crippen molar-refractivity contribution in [2.75, 3.05) is 6.73 Å². The van der Waals surface area contributed by atoms with E-state index in [4.69, 9.17) is 16.3 Å². The second-order valence-corrected chi connectivity index (χ2v) is 6.19. The Kier molecular flexibility index (Phi) is 7.01. The number of hydrogen-bond donors (Lipinski definition) is 1. The fourth-order valence-electron chi connectivity index (χ4n) is 1.77. The quantitative estimate of drug-likeness (QED) is 0.265. The van der Waals surface area contributed by atoms with Gasteiger partial charge in [0.25, 0.3) is 5.69 Å². The number of carbonyl (C=O) groups is 1. The second-order valence-electron chi connectivity index (χ2n) is 4.32. The first-order chi connectivity index (χ1) is 10.7. The Bertz CT molecular complexity index is 768. The molecule has 0 radical (unpaired) electrons. The van der Waals surface area contributed by atoms with Gasteiger partial charge in [-0.3, -0.25) is 15.0 Å². The standard InChI is InChI=1S/C11H10ClN3O7S.Na/c12-9-5-13-11(16)14(10(9)23(19,20)21)6-22-8-3-1-7(2-4-8)15(17)18;/h1-5,10H,6H2,(H,13,16)(H,19,20,21);/q;+1/p-1. The molecule has 13 heteroatoms. The van der Waals surface area contributed by atoms with Crippen molar-refractivity contribution in [3.63, 3.8) is 0 Å². The summed E-state index contributed by atoms with van der Waals surface area (Å²) in [5, 5.41) is 10.4. The van der Waals surface area contributed by atoms with E-state index in [1.165, 1.54) is 24.3 Å². The van der Waals surface area contributed by atoms with Crippen LogP contribution in [0.5, 0.6) is 5.75 Å². The number of rotatable bonds is 5. The molecule has 0 aromatic heterocycles. The van der Waals surface area contributed by atoms with Crippen molar-refractivity contribution in [3.8, 4) is 5.75 Å². The van der Waals surface area contributed by atoms with Crippen LogP contribution < -0.4 is 39.6 Å². The van der Waals surface area contributed by atoms with E-state index in [0.717, 1.165) is 6.20 Å². The molecule has 0 aliphatic carbocycles. The van der Waals surface area contributed by atoms with Crippen LogP contribution in [0.2, 0.25) is 0 Å². The zero-order chi connectivity index (χ0) is 17.2. The van der Waals surface area contributed by atoms with Crippen LogP contribution in [0.15, 0.2) is 35.5 Å². The molecule has 0 saturated carbocycles. The Balaban J connectivity index is 0.00000288. The minimum Gasteiger partial charge on any atom is -0.746 e. The Morgan fingerprint density at radius 2 is 1.92 bits per heavy atom. The molecule has 10 nitrogen and oxygen atoms in total. The van der Waals surface area contributed by atoms with Crippen LogP contribution in [0.25, 0.3) is 0 Å². The SMILES string of the molecule is O=C1NC=C(Cl)C(S(=O)(=O)[O-])N1COc1ccc([N+](=O)[O-])cc1.[Na+]. The third-order valence-electron chi connectivity index (χ3n) is 2.80. The number of urea groups is 1. The monoisotopic (exact) mass is 385 g/mol. The van der Waals surface area contributed by atoms with Crippen molar-refractivity contribution in [2.24, 2.45) is 0 Å².